The smallest absolute Gasteiger partial charge is 0.282 e. The lowest BCUT2D eigenvalue weighted by molar-refractivity contribution is -0.385. The second-order valence-electron chi connectivity index (χ2n) is 4.60. The van der Waals surface area contributed by atoms with Gasteiger partial charge in [-0.1, -0.05) is 28.1 Å². The molecule has 20 heavy (non-hydrogen) atoms. The highest BCUT2D eigenvalue weighted by atomic mass is 79.9. The van der Waals surface area contributed by atoms with Gasteiger partial charge in [-0.3, -0.25) is 19.8 Å². The number of nitro groups is 1. The van der Waals surface area contributed by atoms with Gasteiger partial charge in [-0.25, -0.2) is 0 Å². The molecule has 1 fully saturated rings. The molecule has 0 N–H and O–H groups in total. The molecular weight excluding hydrogens is 326 g/mol. The van der Waals surface area contributed by atoms with Gasteiger partial charge in [-0.05, 0) is 6.07 Å². The highest BCUT2D eigenvalue weighted by Crippen LogP contribution is 2.20. The lowest BCUT2D eigenvalue weighted by Gasteiger charge is -2.34. The summed E-state index contributed by atoms with van der Waals surface area (Å²) < 4.78 is 0. The molecular formula is C13H16BrN3O3. The molecule has 1 aliphatic heterocycles. The van der Waals surface area contributed by atoms with Crippen molar-refractivity contribution in [1.82, 2.24) is 9.80 Å². The maximum atomic E-state index is 12.4. The van der Waals surface area contributed by atoms with Crippen molar-refractivity contribution in [2.75, 3.05) is 38.1 Å². The molecule has 2 rings (SSSR count). The molecule has 0 aromatic heterocycles. The van der Waals surface area contributed by atoms with Crippen LogP contribution < -0.4 is 0 Å². The highest BCUT2D eigenvalue weighted by molar-refractivity contribution is 9.09. The Morgan fingerprint density at radius 3 is 2.50 bits per heavy atom. The maximum absolute atomic E-state index is 12.4. The number of hydrogen-bond donors (Lipinski definition) is 0. The monoisotopic (exact) mass is 341 g/mol. The fourth-order valence-electron chi connectivity index (χ4n) is 2.28. The topological polar surface area (TPSA) is 66.7 Å². The number of amides is 1. The third-order valence-electron chi connectivity index (χ3n) is 3.39. The fourth-order valence-corrected chi connectivity index (χ4v) is 2.78. The van der Waals surface area contributed by atoms with Gasteiger partial charge in [-0.15, -0.1) is 0 Å². The SMILES string of the molecule is O=C(c1ccccc1[N+](=O)[O-])N1CCN(CCBr)CC1. The summed E-state index contributed by atoms with van der Waals surface area (Å²) in [6.07, 6.45) is 0. The van der Waals surface area contributed by atoms with Crippen molar-refractivity contribution in [3.05, 3.63) is 39.9 Å². The number of halogens is 1. The van der Waals surface area contributed by atoms with E-state index in [1.165, 1.54) is 12.1 Å². The zero-order chi connectivity index (χ0) is 14.5. The van der Waals surface area contributed by atoms with Crippen LogP contribution in [-0.4, -0.2) is 58.7 Å². The number of nitro benzene ring substituents is 1. The van der Waals surface area contributed by atoms with E-state index in [0.29, 0.717) is 13.1 Å². The first-order chi connectivity index (χ1) is 9.63. The van der Waals surface area contributed by atoms with Gasteiger partial charge in [0.25, 0.3) is 11.6 Å². The van der Waals surface area contributed by atoms with Gasteiger partial charge >= 0.3 is 0 Å². The van der Waals surface area contributed by atoms with E-state index in [0.717, 1.165) is 25.0 Å². The minimum absolute atomic E-state index is 0.125. The zero-order valence-electron chi connectivity index (χ0n) is 11.0. The predicted octanol–water partition coefficient (Wildman–Crippen LogP) is 1.75. The van der Waals surface area contributed by atoms with E-state index in [1.807, 2.05) is 0 Å². The molecule has 0 spiro atoms. The molecule has 1 aromatic carbocycles. The van der Waals surface area contributed by atoms with Crippen LogP contribution >= 0.6 is 15.9 Å². The highest BCUT2D eigenvalue weighted by Gasteiger charge is 2.26. The third-order valence-corrected chi connectivity index (χ3v) is 3.75. The first-order valence-electron chi connectivity index (χ1n) is 6.44. The minimum atomic E-state index is -0.506. The summed E-state index contributed by atoms with van der Waals surface area (Å²) in [5.74, 6) is -0.254. The third kappa shape index (κ3) is 3.34. The molecule has 1 heterocycles. The number of carbonyl (C=O) groups excluding carboxylic acids is 1. The maximum Gasteiger partial charge on any atom is 0.282 e. The quantitative estimate of drug-likeness (QED) is 0.475. The summed E-state index contributed by atoms with van der Waals surface area (Å²) >= 11 is 3.39. The van der Waals surface area contributed by atoms with Crippen LogP contribution in [0.25, 0.3) is 0 Å². The van der Waals surface area contributed by atoms with Gasteiger partial charge in [0.1, 0.15) is 5.56 Å². The molecule has 6 nitrogen and oxygen atoms in total. The molecule has 0 bridgehead atoms. The van der Waals surface area contributed by atoms with Crippen molar-refractivity contribution >= 4 is 27.5 Å². The molecule has 7 heteroatoms. The van der Waals surface area contributed by atoms with Crippen molar-refractivity contribution in [2.45, 2.75) is 0 Å². The molecule has 0 atom stereocenters. The van der Waals surface area contributed by atoms with Crippen molar-refractivity contribution in [3.8, 4) is 0 Å². The number of carbonyl (C=O) groups is 1. The van der Waals surface area contributed by atoms with Crippen molar-refractivity contribution in [2.24, 2.45) is 0 Å². The lowest BCUT2D eigenvalue weighted by atomic mass is 10.1. The van der Waals surface area contributed by atoms with Crippen LogP contribution in [0.1, 0.15) is 10.4 Å². The Morgan fingerprint density at radius 2 is 1.90 bits per heavy atom. The predicted molar refractivity (Wildman–Crippen MR) is 79.2 cm³/mol. The first kappa shape index (κ1) is 14.9. The van der Waals surface area contributed by atoms with Crippen LogP contribution in [0.15, 0.2) is 24.3 Å². The summed E-state index contributed by atoms with van der Waals surface area (Å²) in [4.78, 5) is 26.8. The summed E-state index contributed by atoms with van der Waals surface area (Å²) in [5, 5.41) is 11.9. The average Bonchev–Trinajstić information content (AvgIpc) is 2.47. The van der Waals surface area contributed by atoms with Gasteiger partial charge in [-0.2, -0.15) is 0 Å². The van der Waals surface area contributed by atoms with E-state index in [4.69, 9.17) is 0 Å². The number of benzene rings is 1. The van der Waals surface area contributed by atoms with E-state index < -0.39 is 4.92 Å². The van der Waals surface area contributed by atoms with Gasteiger partial charge in [0.2, 0.25) is 0 Å². The standard InChI is InChI=1S/C13H16BrN3O3/c14-5-6-15-7-9-16(10-8-15)13(18)11-3-1-2-4-12(11)17(19)20/h1-4H,5-10H2. The van der Waals surface area contributed by atoms with Crippen LogP contribution in [0.3, 0.4) is 0 Å². The number of hydrogen-bond acceptors (Lipinski definition) is 4. The molecule has 0 saturated carbocycles. The second kappa shape index (κ2) is 6.81. The summed E-state index contributed by atoms with van der Waals surface area (Å²) in [7, 11) is 0. The van der Waals surface area contributed by atoms with Gasteiger partial charge in [0, 0.05) is 44.1 Å². The van der Waals surface area contributed by atoms with Crippen LogP contribution in [0.5, 0.6) is 0 Å². The molecule has 1 aromatic rings. The van der Waals surface area contributed by atoms with Crippen molar-refractivity contribution in [1.29, 1.82) is 0 Å². The van der Waals surface area contributed by atoms with Crippen molar-refractivity contribution < 1.29 is 9.72 Å². The number of nitrogens with zero attached hydrogens (tertiary/aromatic N) is 3. The summed E-state index contributed by atoms with van der Waals surface area (Å²) in [6, 6.07) is 6.11. The minimum Gasteiger partial charge on any atom is -0.336 e. The number of piperazine rings is 1. The molecule has 1 aliphatic rings. The molecule has 1 amide bonds. The van der Waals surface area contributed by atoms with E-state index in [1.54, 1.807) is 17.0 Å². The second-order valence-corrected chi connectivity index (χ2v) is 5.39. The number of rotatable bonds is 4. The number of alkyl halides is 1. The summed E-state index contributed by atoms with van der Waals surface area (Å²) in [6.45, 7) is 3.78. The Balaban J connectivity index is 2.08. The van der Waals surface area contributed by atoms with Crippen LogP contribution in [0.4, 0.5) is 5.69 Å². The Morgan fingerprint density at radius 1 is 1.25 bits per heavy atom. The van der Waals surface area contributed by atoms with Crippen molar-refractivity contribution in [3.63, 3.8) is 0 Å². The molecule has 108 valence electrons. The summed E-state index contributed by atoms with van der Waals surface area (Å²) in [5.41, 5.74) is 0.0480. The van der Waals surface area contributed by atoms with Gasteiger partial charge in [0.15, 0.2) is 0 Å². The Bertz CT molecular complexity index is 501. The molecule has 0 unspecified atom stereocenters. The molecule has 1 saturated heterocycles. The van der Waals surface area contributed by atoms with Crippen LogP contribution in [0, 0.1) is 10.1 Å². The van der Waals surface area contributed by atoms with Crippen LogP contribution in [-0.2, 0) is 0 Å². The molecule has 0 radical (unpaired) electrons. The Labute approximate surface area is 125 Å². The number of para-hydroxylation sites is 1. The van der Waals surface area contributed by atoms with Crippen LogP contribution in [0.2, 0.25) is 0 Å². The largest absolute Gasteiger partial charge is 0.336 e. The molecule has 0 aliphatic carbocycles. The van der Waals surface area contributed by atoms with E-state index in [9.17, 15) is 14.9 Å². The normalized spacial score (nSPS) is 16.1. The first-order valence-corrected chi connectivity index (χ1v) is 7.56. The Kier molecular flexibility index (Phi) is 5.08. The van der Waals surface area contributed by atoms with E-state index in [-0.39, 0.29) is 17.2 Å². The Hall–Kier alpha value is -1.47. The van der Waals surface area contributed by atoms with E-state index >= 15 is 0 Å². The van der Waals surface area contributed by atoms with Gasteiger partial charge < -0.3 is 4.90 Å². The average molecular weight is 342 g/mol. The van der Waals surface area contributed by atoms with E-state index in [2.05, 4.69) is 20.8 Å². The van der Waals surface area contributed by atoms with Gasteiger partial charge in [0.05, 0.1) is 4.92 Å². The zero-order valence-corrected chi connectivity index (χ0v) is 12.6. The fraction of sp³-hybridized carbons (Fsp3) is 0.462. The lowest BCUT2D eigenvalue weighted by Crippen LogP contribution is -2.49.